The van der Waals surface area contributed by atoms with Gasteiger partial charge in [0.1, 0.15) is 5.51 Å². The summed E-state index contributed by atoms with van der Waals surface area (Å²) in [5.74, 6) is 0.837. The van der Waals surface area contributed by atoms with Gasteiger partial charge < -0.3 is 10.2 Å². The Hall–Kier alpha value is -0.680. The summed E-state index contributed by atoms with van der Waals surface area (Å²) in [6, 6.07) is 0. The van der Waals surface area contributed by atoms with Crippen molar-refractivity contribution in [3.8, 4) is 0 Å². The smallest absolute Gasteiger partial charge is 0.208 e. The second kappa shape index (κ2) is 4.70. The fourth-order valence-electron chi connectivity index (χ4n) is 1.92. The van der Waals surface area contributed by atoms with Crippen LogP contribution in [0.4, 0.5) is 5.13 Å². The topological polar surface area (TPSA) is 41.0 Å². The molecule has 1 aliphatic heterocycles. The summed E-state index contributed by atoms with van der Waals surface area (Å²) in [7, 11) is 2.02. The van der Waals surface area contributed by atoms with E-state index in [0.717, 1.165) is 30.7 Å². The molecule has 0 amide bonds. The van der Waals surface area contributed by atoms with Crippen LogP contribution in [-0.2, 0) is 0 Å². The molecule has 0 atom stereocenters. The number of anilines is 1. The van der Waals surface area contributed by atoms with Crippen LogP contribution in [0.5, 0.6) is 0 Å². The number of aromatic nitrogens is 2. The predicted octanol–water partition coefficient (Wildman–Crippen LogP) is 0.974. The van der Waals surface area contributed by atoms with E-state index < -0.39 is 0 Å². The van der Waals surface area contributed by atoms with Gasteiger partial charge in [0.05, 0.1) is 0 Å². The molecule has 0 radical (unpaired) electrons. The van der Waals surface area contributed by atoms with Crippen LogP contribution in [0.15, 0.2) is 5.51 Å². The van der Waals surface area contributed by atoms with E-state index in [2.05, 4.69) is 20.4 Å². The van der Waals surface area contributed by atoms with E-state index in [9.17, 15) is 0 Å². The molecule has 4 nitrogen and oxygen atoms in total. The van der Waals surface area contributed by atoms with Gasteiger partial charge in [0, 0.05) is 13.1 Å². The number of rotatable bonds is 3. The summed E-state index contributed by atoms with van der Waals surface area (Å²) < 4.78 is 0. The van der Waals surface area contributed by atoms with Crippen LogP contribution in [-0.4, -0.2) is 36.9 Å². The van der Waals surface area contributed by atoms with Gasteiger partial charge in [0.15, 0.2) is 0 Å². The molecular weight excluding hydrogens is 196 g/mol. The Kier molecular flexibility index (Phi) is 3.31. The van der Waals surface area contributed by atoms with Crippen LogP contribution in [0.2, 0.25) is 0 Å². The molecule has 2 rings (SSSR count). The first kappa shape index (κ1) is 9.86. The monoisotopic (exact) mass is 212 g/mol. The lowest BCUT2D eigenvalue weighted by Gasteiger charge is -2.31. The van der Waals surface area contributed by atoms with Gasteiger partial charge in [-0.1, -0.05) is 11.3 Å². The van der Waals surface area contributed by atoms with Gasteiger partial charge in [0.25, 0.3) is 0 Å². The molecular formula is C9H16N4S. The van der Waals surface area contributed by atoms with Crippen molar-refractivity contribution in [2.24, 2.45) is 5.92 Å². The van der Waals surface area contributed by atoms with Crippen LogP contribution in [0.3, 0.4) is 0 Å². The Morgan fingerprint density at radius 1 is 1.57 bits per heavy atom. The Balaban J connectivity index is 1.84. The third-order valence-corrected chi connectivity index (χ3v) is 3.48. The summed E-state index contributed by atoms with van der Waals surface area (Å²) >= 11 is 1.63. The Bertz CT molecular complexity index is 254. The predicted molar refractivity (Wildman–Crippen MR) is 58.8 cm³/mol. The van der Waals surface area contributed by atoms with Crippen molar-refractivity contribution >= 4 is 16.5 Å². The maximum atomic E-state index is 4.09. The molecule has 1 aliphatic rings. The number of hydrogen-bond acceptors (Lipinski definition) is 5. The van der Waals surface area contributed by atoms with Gasteiger partial charge >= 0.3 is 0 Å². The van der Waals surface area contributed by atoms with Gasteiger partial charge in [-0.3, -0.25) is 0 Å². The van der Waals surface area contributed by atoms with Crippen LogP contribution in [0.25, 0.3) is 0 Å². The van der Waals surface area contributed by atoms with E-state index in [0.29, 0.717) is 0 Å². The van der Waals surface area contributed by atoms with Gasteiger partial charge in [0.2, 0.25) is 5.13 Å². The molecule has 2 heterocycles. The second-order valence-electron chi connectivity index (χ2n) is 3.71. The quantitative estimate of drug-likeness (QED) is 0.810. The number of nitrogens with zero attached hydrogens (tertiary/aromatic N) is 3. The molecule has 0 bridgehead atoms. The molecule has 5 heteroatoms. The molecule has 78 valence electrons. The first-order valence-electron chi connectivity index (χ1n) is 5.06. The Morgan fingerprint density at radius 2 is 2.36 bits per heavy atom. The zero-order chi connectivity index (χ0) is 9.80. The fraction of sp³-hybridized carbons (Fsp3) is 0.778. The van der Waals surface area contributed by atoms with Crippen LogP contribution < -0.4 is 10.2 Å². The highest BCUT2D eigenvalue weighted by Crippen LogP contribution is 2.23. The molecule has 1 aromatic heterocycles. The molecule has 1 fully saturated rings. The SMILES string of the molecule is CNCC1CCN(c2nncs2)CC1. The van der Waals surface area contributed by atoms with E-state index in [1.54, 1.807) is 16.8 Å². The van der Waals surface area contributed by atoms with Gasteiger partial charge in [-0.25, -0.2) is 0 Å². The molecule has 0 unspecified atom stereocenters. The van der Waals surface area contributed by atoms with Crippen LogP contribution >= 0.6 is 11.3 Å². The largest absolute Gasteiger partial charge is 0.347 e. The number of nitrogens with one attached hydrogen (secondary N) is 1. The minimum Gasteiger partial charge on any atom is -0.347 e. The minimum absolute atomic E-state index is 0.837. The first-order valence-corrected chi connectivity index (χ1v) is 5.94. The molecule has 0 spiro atoms. The molecule has 0 aromatic carbocycles. The van der Waals surface area contributed by atoms with E-state index in [1.165, 1.54) is 12.8 Å². The van der Waals surface area contributed by atoms with E-state index >= 15 is 0 Å². The van der Waals surface area contributed by atoms with Crippen molar-refractivity contribution in [3.63, 3.8) is 0 Å². The van der Waals surface area contributed by atoms with E-state index in [4.69, 9.17) is 0 Å². The molecule has 1 aromatic rings. The molecule has 1 saturated heterocycles. The summed E-state index contributed by atoms with van der Waals surface area (Å²) in [6.07, 6.45) is 2.53. The van der Waals surface area contributed by atoms with Gasteiger partial charge in [-0.2, -0.15) is 0 Å². The molecule has 1 N–H and O–H groups in total. The van der Waals surface area contributed by atoms with Crippen LogP contribution in [0, 0.1) is 5.92 Å². The lowest BCUT2D eigenvalue weighted by atomic mass is 9.97. The fourth-order valence-corrected chi connectivity index (χ4v) is 2.54. The van der Waals surface area contributed by atoms with Crippen LogP contribution in [0.1, 0.15) is 12.8 Å². The number of piperidine rings is 1. The first-order chi connectivity index (χ1) is 6.90. The van der Waals surface area contributed by atoms with Gasteiger partial charge in [-0.05, 0) is 32.4 Å². The van der Waals surface area contributed by atoms with Crippen molar-refractivity contribution in [3.05, 3.63) is 5.51 Å². The highest BCUT2D eigenvalue weighted by molar-refractivity contribution is 7.13. The van der Waals surface area contributed by atoms with Gasteiger partial charge in [-0.15, -0.1) is 10.2 Å². The average Bonchev–Trinajstić information content (AvgIpc) is 2.72. The van der Waals surface area contributed by atoms with Crippen molar-refractivity contribution in [1.29, 1.82) is 0 Å². The average molecular weight is 212 g/mol. The summed E-state index contributed by atoms with van der Waals surface area (Å²) in [4.78, 5) is 2.34. The van der Waals surface area contributed by atoms with Crippen molar-refractivity contribution in [2.75, 3.05) is 31.6 Å². The lowest BCUT2D eigenvalue weighted by Crippen LogP contribution is -2.36. The number of hydrogen-bond donors (Lipinski definition) is 1. The van der Waals surface area contributed by atoms with E-state index in [-0.39, 0.29) is 0 Å². The molecule has 14 heavy (non-hydrogen) atoms. The minimum atomic E-state index is 0.837. The zero-order valence-corrected chi connectivity index (χ0v) is 9.26. The standard InChI is InChI=1S/C9H16N4S/c1-10-6-8-2-4-13(5-3-8)9-12-11-7-14-9/h7-8,10H,2-6H2,1H3. The molecule has 0 saturated carbocycles. The highest BCUT2D eigenvalue weighted by Gasteiger charge is 2.20. The maximum absolute atomic E-state index is 4.09. The molecule has 0 aliphatic carbocycles. The highest BCUT2D eigenvalue weighted by atomic mass is 32.1. The second-order valence-corrected chi connectivity index (χ2v) is 4.52. The summed E-state index contributed by atoms with van der Waals surface area (Å²) in [5.41, 5.74) is 1.80. The van der Waals surface area contributed by atoms with E-state index in [1.807, 2.05) is 7.05 Å². The zero-order valence-electron chi connectivity index (χ0n) is 8.44. The normalized spacial score (nSPS) is 18.8. The van der Waals surface area contributed by atoms with Crippen molar-refractivity contribution in [1.82, 2.24) is 15.5 Å². The lowest BCUT2D eigenvalue weighted by molar-refractivity contribution is 0.393. The van der Waals surface area contributed by atoms with Crippen molar-refractivity contribution < 1.29 is 0 Å². The van der Waals surface area contributed by atoms with Crippen molar-refractivity contribution in [2.45, 2.75) is 12.8 Å². The summed E-state index contributed by atoms with van der Waals surface area (Å²) in [6.45, 7) is 3.40. The third kappa shape index (κ3) is 2.22. The third-order valence-electron chi connectivity index (χ3n) is 2.73. The Labute approximate surface area is 88.3 Å². The Morgan fingerprint density at radius 3 is 2.93 bits per heavy atom. The summed E-state index contributed by atoms with van der Waals surface area (Å²) in [5, 5.41) is 12.3. The maximum Gasteiger partial charge on any atom is 0.208 e.